The maximum Gasteiger partial charge on any atom is 0.276 e. The Morgan fingerprint density at radius 3 is 2.93 bits per heavy atom. The van der Waals surface area contributed by atoms with Crippen LogP contribution in [0.3, 0.4) is 0 Å². The highest BCUT2D eigenvalue weighted by atomic mass is 16.2. The van der Waals surface area contributed by atoms with E-state index in [1.807, 2.05) is 28.8 Å². The molecule has 0 bridgehead atoms. The first-order valence-electron chi connectivity index (χ1n) is 10.1. The summed E-state index contributed by atoms with van der Waals surface area (Å²) >= 11 is 0. The second-order valence-corrected chi connectivity index (χ2v) is 7.55. The lowest BCUT2D eigenvalue weighted by Gasteiger charge is -2.33. The first kappa shape index (κ1) is 18.7. The van der Waals surface area contributed by atoms with Crippen molar-refractivity contribution in [3.63, 3.8) is 0 Å². The van der Waals surface area contributed by atoms with Crippen LogP contribution in [-0.2, 0) is 11.3 Å². The highest BCUT2D eigenvalue weighted by molar-refractivity contribution is 5.77. The molecule has 1 aliphatic rings. The summed E-state index contributed by atoms with van der Waals surface area (Å²) in [6.07, 6.45) is 7.57. The number of carbonyl (C=O) groups excluding carboxylic acids is 1. The molecule has 0 saturated carbocycles. The molecule has 28 heavy (non-hydrogen) atoms. The van der Waals surface area contributed by atoms with Crippen molar-refractivity contribution in [1.29, 1.82) is 0 Å². The number of carbonyl (C=O) groups is 1. The second kappa shape index (κ2) is 8.14. The number of rotatable bonds is 6. The van der Waals surface area contributed by atoms with Crippen molar-refractivity contribution in [3.8, 4) is 0 Å². The van der Waals surface area contributed by atoms with Crippen LogP contribution in [0, 0.1) is 0 Å². The van der Waals surface area contributed by atoms with Crippen molar-refractivity contribution in [2.75, 3.05) is 19.6 Å². The molecule has 1 atom stereocenters. The molecule has 1 fully saturated rings. The van der Waals surface area contributed by atoms with Gasteiger partial charge in [-0.25, -0.2) is 4.98 Å². The number of nitrogens with one attached hydrogen (secondary N) is 1. The van der Waals surface area contributed by atoms with Gasteiger partial charge in [-0.15, -0.1) is 0 Å². The van der Waals surface area contributed by atoms with Crippen molar-refractivity contribution in [2.24, 2.45) is 0 Å². The lowest BCUT2D eigenvalue weighted by atomic mass is 10.0. The molecule has 4 heterocycles. The Bertz CT molecular complexity index is 1040. The Morgan fingerprint density at radius 1 is 1.21 bits per heavy atom. The van der Waals surface area contributed by atoms with Crippen molar-refractivity contribution in [2.45, 2.75) is 45.2 Å². The summed E-state index contributed by atoms with van der Waals surface area (Å²) in [7, 11) is 0. The number of fused-ring (bicyclic) bond motifs is 3. The molecule has 3 aromatic heterocycles. The van der Waals surface area contributed by atoms with Gasteiger partial charge < -0.3 is 9.72 Å². The molecule has 1 saturated heterocycles. The zero-order valence-electron chi connectivity index (χ0n) is 16.3. The van der Waals surface area contributed by atoms with E-state index in [4.69, 9.17) is 0 Å². The molecule has 0 aliphatic carbocycles. The minimum Gasteiger partial charge on any atom is -0.355 e. The summed E-state index contributed by atoms with van der Waals surface area (Å²) in [5.74, 6) is -0.0316. The number of aromatic nitrogens is 3. The van der Waals surface area contributed by atoms with Crippen LogP contribution in [0.2, 0.25) is 0 Å². The lowest BCUT2D eigenvalue weighted by Crippen LogP contribution is -2.42. The maximum absolute atomic E-state index is 12.8. The van der Waals surface area contributed by atoms with Crippen LogP contribution in [0.5, 0.6) is 0 Å². The van der Waals surface area contributed by atoms with Crippen LogP contribution < -0.4 is 10.9 Å². The van der Waals surface area contributed by atoms with E-state index in [0.29, 0.717) is 30.3 Å². The number of pyridine rings is 1. The quantitative estimate of drug-likeness (QED) is 0.709. The van der Waals surface area contributed by atoms with Gasteiger partial charge in [0.15, 0.2) is 5.65 Å². The van der Waals surface area contributed by atoms with Crippen LogP contribution in [-0.4, -0.2) is 50.4 Å². The summed E-state index contributed by atoms with van der Waals surface area (Å²) in [4.78, 5) is 32.0. The molecule has 0 spiro atoms. The van der Waals surface area contributed by atoms with Gasteiger partial charge in [-0.3, -0.25) is 19.1 Å². The van der Waals surface area contributed by atoms with Crippen LogP contribution in [0.1, 0.15) is 32.6 Å². The van der Waals surface area contributed by atoms with Crippen molar-refractivity contribution >= 4 is 22.6 Å². The molecule has 1 aliphatic heterocycles. The molecule has 0 unspecified atom stereocenters. The average Bonchev–Trinajstić information content (AvgIpc) is 3.20. The van der Waals surface area contributed by atoms with E-state index < -0.39 is 0 Å². The van der Waals surface area contributed by atoms with Crippen molar-refractivity contribution in [3.05, 3.63) is 47.0 Å². The van der Waals surface area contributed by atoms with Crippen molar-refractivity contribution in [1.82, 2.24) is 24.2 Å². The number of piperidine rings is 1. The van der Waals surface area contributed by atoms with Crippen LogP contribution in [0.15, 0.2) is 41.5 Å². The fourth-order valence-electron chi connectivity index (χ4n) is 4.12. The van der Waals surface area contributed by atoms with E-state index in [1.54, 1.807) is 16.8 Å². The Kier molecular flexibility index (Phi) is 5.43. The van der Waals surface area contributed by atoms with Gasteiger partial charge in [-0.05, 0) is 50.6 Å². The Balaban J connectivity index is 1.41. The largest absolute Gasteiger partial charge is 0.355 e. The zero-order chi connectivity index (χ0) is 19.5. The third kappa shape index (κ3) is 3.67. The third-order valence-corrected chi connectivity index (χ3v) is 5.72. The number of hydrogen-bond acceptors (Lipinski definition) is 4. The lowest BCUT2D eigenvalue weighted by molar-refractivity contribution is -0.121. The normalized spacial score (nSPS) is 18.0. The van der Waals surface area contributed by atoms with Gasteiger partial charge in [0.1, 0.15) is 5.52 Å². The molecule has 4 rings (SSSR count). The summed E-state index contributed by atoms with van der Waals surface area (Å²) in [6, 6.07) is 8.03. The van der Waals surface area contributed by atoms with E-state index in [2.05, 4.69) is 22.1 Å². The first-order chi connectivity index (χ1) is 13.6. The summed E-state index contributed by atoms with van der Waals surface area (Å²) in [5, 5.41) is 3.00. The summed E-state index contributed by atoms with van der Waals surface area (Å²) < 4.78 is 3.46. The molecule has 7 nitrogen and oxygen atoms in total. The molecule has 1 amide bonds. The number of aryl methyl sites for hydroxylation is 1. The van der Waals surface area contributed by atoms with Gasteiger partial charge in [0, 0.05) is 44.5 Å². The molecule has 3 aromatic rings. The average molecular weight is 381 g/mol. The number of amides is 1. The molecule has 1 N–H and O–H groups in total. The highest BCUT2D eigenvalue weighted by Gasteiger charge is 2.18. The van der Waals surface area contributed by atoms with Gasteiger partial charge in [-0.1, -0.05) is 6.42 Å². The minimum absolute atomic E-state index is 0.0316. The molecule has 0 aromatic carbocycles. The molecule has 148 valence electrons. The predicted octanol–water partition coefficient (Wildman–Crippen LogP) is 2.03. The van der Waals surface area contributed by atoms with Gasteiger partial charge >= 0.3 is 0 Å². The SMILES string of the molecule is C[C@H]1CCCCN1CCNC(=O)CCn1c(=O)c2cccn2c2cccnc21. The molecule has 0 radical (unpaired) electrons. The number of likely N-dealkylation sites (tertiary alicyclic amines) is 1. The van der Waals surface area contributed by atoms with Gasteiger partial charge in [0.05, 0.1) is 5.52 Å². The van der Waals surface area contributed by atoms with Crippen LogP contribution >= 0.6 is 0 Å². The molecule has 7 heteroatoms. The molecular weight excluding hydrogens is 354 g/mol. The summed E-state index contributed by atoms with van der Waals surface area (Å²) in [6.45, 7) is 5.22. The standard InChI is InChI=1S/C21H27N5O2/c1-16-6-2-3-12-24(16)15-11-22-19(27)9-14-26-20-17(7-4-10-23-20)25-13-5-8-18(25)21(26)28/h4-5,7-8,10,13,16H,2-3,6,9,11-12,14-15H2,1H3,(H,22,27)/t16-/m0/s1. The van der Waals surface area contributed by atoms with E-state index in [1.165, 1.54) is 19.3 Å². The fraction of sp³-hybridized carbons (Fsp3) is 0.476. The fourth-order valence-corrected chi connectivity index (χ4v) is 4.12. The minimum atomic E-state index is -0.119. The van der Waals surface area contributed by atoms with E-state index in [9.17, 15) is 9.59 Å². The maximum atomic E-state index is 12.8. The Hall–Kier alpha value is -2.67. The number of nitrogens with zero attached hydrogens (tertiary/aromatic N) is 4. The third-order valence-electron chi connectivity index (χ3n) is 5.72. The second-order valence-electron chi connectivity index (χ2n) is 7.55. The monoisotopic (exact) mass is 381 g/mol. The van der Waals surface area contributed by atoms with Gasteiger partial charge in [0.2, 0.25) is 5.91 Å². The smallest absolute Gasteiger partial charge is 0.276 e. The van der Waals surface area contributed by atoms with E-state index in [-0.39, 0.29) is 17.9 Å². The van der Waals surface area contributed by atoms with Crippen LogP contribution in [0.4, 0.5) is 0 Å². The van der Waals surface area contributed by atoms with Crippen LogP contribution in [0.25, 0.3) is 16.7 Å². The Morgan fingerprint density at radius 2 is 2.07 bits per heavy atom. The predicted molar refractivity (Wildman–Crippen MR) is 109 cm³/mol. The first-order valence-corrected chi connectivity index (χ1v) is 10.1. The molecular formula is C21H27N5O2. The Labute approximate surface area is 164 Å². The van der Waals surface area contributed by atoms with Gasteiger partial charge in [-0.2, -0.15) is 0 Å². The number of hydrogen-bond donors (Lipinski definition) is 1. The zero-order valence-corrected chi connectivity index (χ0v) is 16.3. The van der Waals surface area contributed by atoms with Gasteiger partial charge in [0.25, 0.3) is 5.56 Å². The topological polar surface area (TPSA) is 71.6 Å². The van der Waals surface area contributed by atoms with E-state index in [0.717, 1.165) is 18.6 Å². The van der Waals surface area contributed by atoms with E-state index >= 15 is 0 Å². The highest BCUT2D eigenvalue weighted by Crippen LogP contribution is 2.15. The summed E-state index contributed by atoms with van der Waals surface area (Å²) in [5.41, 5.74) is 1.94. The van der Waals surface area contributed by atoms with Crippen molar-refractivity contribution < 1.29 is 4.79 Å².